The van der Waals surface area contributed by atoms with Crippen molar-refractivity contribution in [3.63, 3.8) is 0 Å². The zero-order valence-electron chi connectivity index (χ0n) is 12.8. The van der Waals surface area contributed by atoms with Gasteiger partial charge in [0, 0.05) is 6.42 Å². The summed E-state index contributed by atoms with van der Waals surface area (Å²) in [7, 11) is 0. The van der Waals surface area contributed by atoms with E-state index in [1.807, 2.05) is 0 Å². The molecule has 2 nitrogen and oxygen atoms in total. The third-order valence-corrected chi connectivity index (χ3v) is 3.69. The van der Waals surface area contributed by atoms with E-state index in [1.165, 1.54) is 51.4 Å². The number of unbranched alkanes of at least 4 members (excludes halogenated alkanes) is 4. The molecule has 0 amide bonds. The molecule has 0 aromatic carbocycles. The predicted molar refractivity (Wildman–Crippen MR) is 76.7 cm³/mol. The van der Waals surface area contributed by atoms with Gasteiger partial charge in [-0.05, 0) is 26.7 Å². The number of hydrogen-bond acceptors (Lipinski definition) is 2. The lowest BCUT2D eigenvalue weighted by molar-refractivity contribution is -0.301. The quantitative estimate of drug-likeness (QED) is 0.565. The molecule has 1 aliphatic heterocycles. The fraction of sp³-hybridized carbons (Fsp3) is 1.00. The van der Waals surface area contributed by atoms with Crippen LogP contribution in [-0.2, 0) is 9.47 Å². The predicted octanol–water partition coefficient (Wildman–Crippen LogP) is 5.06. The second-order valence-electron chi connectivity index (χ2n) is 6.11. The van der Waals surface area contributed by atoms with Crippen LogP contribution in [0, 0.1) is 0 Å². The normalized spacial score (nSPS) is 27.3. The maximum atomic E-state index is 6.04. The van der Waals surface area contributed by atoms with Gasteiger partial charge < -0.3 is 9.47 Å². The van der Waals surface area contributed by atoms with Gasteiger partial charge >= 0.3 is 0 Å². The van der Waals surface area contributed by atoms with E-state index in [4.69, 9.17) is 9.47 Å². The van der Waals surface area contributed by atoms with Crippen LogP contribution in [0.15, 0.2) is 0 Å². The maximum absolute atomic E-state index is 6.04. The second-order valence-corrected chi connectivity index (χ2v) is 6.11. The Balaban J connectivity index is 2.32. The molecule has 0 aliphatic carbocycles. The van der Waals surface area contributed by atoms with Crippen molar-refractivity contribution in [1.29, 1.82) is 0 Å². The van der Waals surface area contributed by atoms with Crippen molar-refractivity contribution in [2.24, 2.45) is 0 Å². The van der Waals surface area contributed by atoms with E-state index in [0.29, 0.717) is 12.2 Å². The Morgan fingerprint density at radius 1 is 0.833 bits per heavy atom. The first-order valence-corrected chi connectivity index (χ1v) is 7.93. The molecule has 0 radical (unpaired) electrons. The molecule has 0 saturated carbocycles. The highest BCUT2D eigenvalue weighted by atomic mass is 16.7. The molecule has 0 bridgehead atoms. The van der Waals surface area contributed by atoms with Gasteiger partial charge in [-0.15, -0.1) is 0 Å². The lowest BCUT2D eigenvalue weighted by Crippen LogP contribution is -2.44. The van der Waals surface area contributed by atoms with Crippen molar-refractivity contribution < 1.29 is 9.47 Å². The molecule has 2 atom stereocenters. The van der Waals surface area contributed by atoms with Crippen LogP contribution in [0.4, 0.5) is 0 Å². The molecular weight excluding hydrogens is 224 g/mol. The summed E-state index contributed by atoms with van der Waals surface area (Å²) in [6.07, 6.45) is 12.1. The van der Waals surface area contributed by atoms with Crippen LogP contribution in [-0.4, -0.2) is 18.0 Å². The summed E-state index contributed by atoms with van der Waals surface area (Å²) in [5.41, 5.74) is 0. The molecule has 18 heavy (non-hydrogen) atoms. The number of rotatable bonds is 8. The van der Waals surface area contributed by atoms with Crippen molar-refractivity contribution in [2.45, 2.75) is 103 Å². The summed E-state index contributed by atoms with van der Waals surface area (Å²) >= 11 is 0. The van der Waals surface area contributed by atoms with Crippen molar-refractivity contribution in [3.05, 3.63) is 0 Å². The molecule has 0 unspecified atom stereocenters. The summed E-state index contributed by atoms with van der Waals surface area (Å²) in [5, 5.41) is 0. The van der Waals surface area contributed by atoms with Crippen LogP contribution in [0.25, 0.3) is 0 Å². The van der Waals surface area contributed by atoms with E-state index in [9.17, 15) is 0 Å². The highest BCUT2D eigenvalue weighted by Crippen LogP contribution is 2.31. The summed E-state index contributed by atoms with van der Waals surface area (Å²) in [5.74, 6) is -0.383. The molecular formula is C16H32O2. The van der Waals surface area contributed by atoms with E-state index in [1.54, 1.807) is 0 Å². The Labute approximate surface area is 113 Å². The van der Waals surface area contributed by atoms with Gasteiger partial charge in [0.25, 0.3) is 0 Å². The first-order chi connectivity index (χ1) is 8.57. The van der Waals surface area contributed by atoms with E-state index in [-0.39, 0.29) is 5.79 Å². The van der Waals surface area contributed by atoms with E-state index >= 15 is 0 Å². The zero-order chi connectivity index (χ0) is 13.4. The lowest BCUT2D eigenvalue weighted by atomic mass is 9.99. The lowest BCUT2D eigenvalue weighted by Gasteiger charge is -2.41. The minimum Gasteiger partial charge on any atom is -0.347 e. The van der Waals surface area contributed by atoms with Crippen molar-refractivity contribution in [3.8, 4) is 0 Å². The van der Waals surface area contributed by atoms with Gasteiger partial charge in [-0.1, -0.05) is 52.4 Å². The molecule has 0 aromatic heterocycles. The first kappa shape index (κ1) is 16.0. The topological polar surface area (TPSA) is 18.5 Å². The van der Waals surface area contributed by atoms with Gasteiger partial charge in [0.05, 0.1) is 12.2 Å². The van der Waals surface area contributed by atoms with E-state index < -0.39 is 0 Å². The molecule has 1 fully saturated rings. The average molecular weight is 256 g/mol. The maximum Gasteiger partial charge on any atom is 0.163 e. The Hall–Kier alpha value is -0.0800. The molecule has 0 aromatic rings. The molecule has 1 heterocycles. The fourth-order valence-electron chi connectivity index (χ4n) is 2.80. The Morgan fingerprint density at radius 3 is 1.94 bits per heavy atom. The number of ether oxygens (including phenoxy) is 2. The molecule has 108 valence electrons. The van der Waals surface area contributed by atoms with E-state index in [0.717, 1.165) is 6.42 Å². The Kier molecular flexibility index (Phi) is 7.25. The van der Waals surface area contributed by atoms with Crippen LogP contribution in [0.3, 0.4) is 0 Å². The van der Waals surface area contributed by atoms with Gasteiger partial charge in [-0.25, -0.2) is 0 Å². The summed E-state index contributed by atoms with van der Waals surface area (Å²) in [6.45, 7) is 8.62. The van der Waals surface area contributed by atoms with E-state index in [2.05, 4.69) is 27.7 Å². The molecule has 1 rings (SSSR count). The standard InChI is InChI=1S/C16H32O2/c1-5-7-9-10-12-15-13-14(11-8-6-2)17-16(3,4)18-15/h14-15H,5-13H2,1-4H3/t14-,15+/m0/s1. The van der Waals surface area contributed by atoms with Gasteiger partial charge in [-0.3, -0.25) is 0 Å². The SMILES string of the molecule is CCCCCC[C@@H]1C[C@H](CCCC)OC(C)(C)O1. The molecule has 2 heteroatoms. The number of hydrogen-bond donors (Lipinski definition) is 0. The van der Waals surface area contributed by atoms with Crippen LogP contribution >= 0.6 is 0 Å². The van der Waals surface area contributed by atoms with Crippen LogP contribution < -0.4 is 0 Å². The van der Waals surface area contributed by atoms with Gasteiger partial charge in [0.1, 0.15) is 0 Å². The highest BCUT2D eigenvalue weighted by Gasteiger charge is 2.34. The van der Waals surface area contributed by atoms with Gasteiger partial charge in [-0.2, -0.15) is 0 Å². The Morgan fingerprint density at radius 2 is 1.39 bits per heavy atom. The summed E-state index contributed by atoms with van der Waals surface area (Å²) in [6, 6.07) is 0. The minimum atomic E-state index is -0.383. The third-order valence-electron chi connectivity index (χ3n) is 3.69. The van der Waals surface area contributed by atoms with Crippen LogP contribution in [0.2, 0.25) is 0 Å². The van der Waals surface area contributed by atoms with Crippen molar-refractivity contribution in [1.82, 2.24) is 0 Å². The molecule has 1 saturated heterocycles. The van der Waals surface area contributed by atoms with Crippen molar-refractivity contribution >= 4 is 0 Å². The summed E-state index contributed by atoms with van der Waals surface area (Å²) in [4.78, 5) is 0. The van der Waals surface area contributed by atoms with Gasteiger partial charge in [0.2, 0.25) is 0 Å². The van der Waals surface area contributed by atoms with Gasteiger partial charge in [0.15, 0.2) is 5.79 Å². The zero-order valence-corrected chi connectivity index (χ0v) is 12.8. The highest BCUT2D eigenvalue weighted by molar-refractivity contribution is 4.76. The third kappa shape index (κ3) is 6.19. The second kappa shape index (κ2) is 8.16. The molecule has 0 spiro atoms. The molecule has 0 N–H and O–H groups in total. The average Bonchev–Trinajstić information content (AvgIpc) is 2.30. The Bertz CT molecular complexity index is 213. The smallest absolute Gasteiger partial charge is 0.163 e. The first-order valence-electron chi connectivity index (χ1n) is 7.93. The van der Waals surface area contributed by atoms with Crippen LogP contribution in [0.1, 0.15) is 85.5 Å². The largest absolute Gasteiger partial charge is 0.347 e. The minimum absolute atomic E-state index is 0.383. The molecule has 1 aliphatic rings. The fourth-order valence-corrected chi connectivity index (χ4v) is 2.80. The summed E-state index contributed by atoms with van der Waals surface area (Å²) < 4.78 is 12.1. The van der Waals surface area contributed by atoms with Crippen molar-refractivity contribution in [2.75, 3.05) is 0 Å². The monoisotopic (exact) mass is 256 g/mol. The van der Waals surface area contributed by atoms with Crippen LogP contribution in [0.5, 0.6) is 0 Å².